The Morgan fingerprint density at radius 2 is 1.87 bits per heavy atom. The van der Waals surface area contributed by atoms with Crippen molar-refractivity contribution < 1.29 is 9.53 Å². The summed E-state index contributed by atoms with van der Waals surface area (Å²) < 4.78 is 5.26. The van der Waals surface area contributed by atoms with E-state index in [1.807, 2.05) is 25.1 Å². The molecule has 0 saturated carbocycles. The molecule has 82 valence electrons. The number of benzene rings is 1. The van der Waals surface area contributed by atoms with E-state index in [4.69, 9.17) is 4.74 Å². The second-order valence-corrected chi connectivity index (χ2v) is 4.80. The van der Waals surface area contributed by atoms with Gasteiger partial charge >= 0.3 is 5.97 Å². The van der Waals surface area contributed by atoms with Gasteiger partial charge in [-0.1, -0.05) is 39.0 Å². The highest BCUT2D eigenvalue weighted by molar-refractivity contribution is 5.70. The lowest BCUT2D eigenvalue weighted by atomic mass is 9.85. The van der Waals surface area contributed by atoms with Crippen LogP contribution in [0.5, 0.6) is 5.75 Å². The molecule has 0 unspecified atom stereocenters. The van der Waals surface area contributed by atoms with E-state index in [1.165, 1.54) is 6.92 Å². The topological polar surface area (TPSA) is 26.3 Å². The van der Waals surface area contributed by atoms with Gasteiger partial charge in [0.05, 0.1) is 0 Å². The summed E-state index contributed by atoms with van der Waals surface area (Å²) in [5.41, 5.74) is 2.05. The third-order valence-corrected chi connectivity index (χ3v) is 2.27. The van der Waals surface area contributed by atoms with Gasteiger partial charge in [0, 0.05) is 12.5 Å². The lowest BCUT2D eigenvalue weighted by Gasteiger charge is -2.23. The average molecular weight is 206 g/mol. The van der Waals surface area contributed by atoms with Crippen LogP contribution in [-0.2, 0) is 10.2 Å². The monoisotopic (exact) mass is 206 g/mol. The maximum absolute atomic E-state index is 11.0. The van der Waals surface area contributed by atoms with Crippen LogP contribution in [0.3, 0.4) is 0 Å². The van der Waals surface area contributed by atoms with Crippen molar-refractivity contribution in [3.8, 4) is 5.75 Å². The van der Waals surface area contributed by atoms with Gasteiger partial charge in [-0.05, 0) is 17.9 Å². The van der Waals surface area contributed by atoms with Gasteiger partial charge < -0.3 is 4.74 Å². The SMILES string of the molecule is CC(=O)Oc1c(C)cccc1C(C)(C)C. The van der Waals surface area contributed by atoms with Crippen molar-refractivity contribution >= 4 is 5.97 Å². The molecule has 0 aliphatic rings. The first kappa shape index (κ1) is 11.8. The third kappa shape index (κ3) is 2.82. The number of rotatable bonds is 1. The molecule has 2 nitrogen and oxygen atoms in total. The minimum atomic E-state index is -0.269. The van der Waals surface area contributed by atoms with Crippen LogP contribution in [0, 0.1) is 6.92 Å². The Morgan fingerprint density at radius 1 is 1.27 bits per heavy atom. The van der Waals surface area contributed by atoms with E-state index in [-0.39, 0.29) is 11.4 Å². The van der Waals surface area contributed by atoms with Crippen LogP contribution in [0.1, 0.15) is 38.8 Å². The molecule has 1 aromatic rings. The molecule has 0 heterocycles. The van der Waals surface area contributed by atoms with Gasteiger partial charge in [-0.15, -0.1) is 0 Å². The van der Waals surface area contributed by atoms with Gasteiger partial charge in [0.1, 0.15) is 5.75 Å². The lowest BCUT2D eigenvalue weighted by Crippen LogP contribution is -2.15. The van der Waals surface area contributed by atoms with E-state index >= 15 is 0 Å². The van der Waals surface area contributed by atoms with Crippen LogP contribution in [0.4, 0.5) is 0 Å². The first-order valence-corrected chi connectivity index (χ1v) is 5.11. The summed E-state index contributed by atoms with van der Waals surface area (Å²) in [5, 5.41) is 0. The van der Waals surface area contributed by atoms with Crippen molar-refractivity contribution in [2.75, 3.05) is 0 Å². The van der Waals surface area contributed by atoms with E-state index in [2.05, 4.69) is 20.8 Å². The van der Waals surface area contributed by atoms with E-state index in [0.29, 0.717) is 5.75 Å². The number of hydrogen-bond acceptors (Lipinski definition) is 2. The molecule has 0 aliphatic carbocycles. The fourth-order valence-corrected chi connectivity index (χ4v) is 1.52. The zero-order chi connectivity index (χ0) is 11.6. The van der Waals surface area contributed by atoms with Crippen molar-refractivity contribution in [1.29, 1.82) is 0 Å². The Balaban J connectivity index is 3.26. The van der Waals surface area contributed by atoms with Crippen LogP contribution < -0.4 is 4.74 Å². The van der Waals surface area contributed by atoms with E-state index in [9.17, 15) is 4.79 Å². The Bertz CT molecular complexity index is 373. The number of ether oxygens (including phenoxy) is 1. The quantitative estimate of drug-likeness (QED) is 0.521. The Labute approximate surface area is 91.3 Å². The second-order valence-electron chi connectivity index (χ2n) is 4.80. The molecular formula is C13H18O2. The number of carbonyl (C=O) groups excluding carboxylic acids is 1. The summed E-state index contributed by atoms with van der Waals surface area (Å²) in [6, 6.07) is 5.95. The standard InChI is InChI=1S/C13H18O2/c1-9-7-6-8-11(13(3,4)5)12(9)15-10(2)14/h6-8H,1-5H3. The van der Waals surface area contributed by atoms with Gasteiger partial charge in [0.2, 0.25) is 0 Å². The molecule has 0 fully saturated rings. The molecule has 0 bridgehead atoms. The molecule has 0 radical (unpaired) electrons. The lowest BCUT2D eigenvalue weighted by molar-refractivity contribution is -0.132. The predicted octanol–water partition coefficient (Wildman–Crippen LogP) is 3.22. The number of hydrogen-bond donors (Lipinski definition) is 0. The van der Waals surface area contributed by atoms with Gasteiger partial charge in [0.15, 0.2) is 0 Å². The van der Waals surface area contributed by atoms with Crippen molar-refractivity contribution in [3.05, 3.63) is 29.3 Å². The Morgan fingerprint density at radius 3 is 2.33 bits per heavy atom. The molecular weight excluding hydrogens is 188 g/mol. The van der Waals surface area contributed by atoms with Crippen LogP contribution in [0.2, 0.25) is 0 Å². The molecule has 0 aliphatic heterocycles. The van der Waals surface area contributed by atoms with E-state index in [1.54, 1.807) is 0 Å². The minimum absolute atomic E-state index is 0.0171. The number of para-hydroxylation sites is 1. The summed E-state index contributed by atoms with van der Waals surface area (Å²) in [5.74, 6) is 0.437. The summed E-state index contributed by atoms with van der Waals surface area (Å²) in [7, 11) is 0. The first-order valence-electron chi connectivity index (χ1n) is 5.11. The second kappa shape index (κ2) is 4.05. The summed E-state index contributed by atoms with van der Waals surface area (Å²) >= 11 is 0. The summed E-state index contributed by atoms with van der Waals surface area (Å²) in [6.07, 6.45) is 0. The normalized spacial score (nSPS) is 11.3. The molecule has 0 N–H and O–H groups in total. The molecule has 1 rings (SSSR count). The van der Waals surface area contributed by atoms with Crippen molar-refractivity contribution in [2.45, 2.75) is 40.0 Å². The van der Waals surface area contributed by atoms with Gasteiger partial charge in [0.25, 0.3) is 0 Å². The van der Waals surface area contributed by atoms with Crippen LogP contribution in [0.15, 0.2) is 18.2 Å². The Hall–Kier alpha value is -1.31. The minimum Gasteiger partial charge on any atom is -0.426 e. The van der Waals surface area contributed by atoms with Gasteiger partial charge in [-0.2, -0.15) is 0 Å². The largest absolute Gasteiger partial charge is 0.426 e. The third-order valence-electron chi connectivity index (χ3n) is 2.27. The van der Waals surface area contributed by atoms with Crippen molar-refractivity contribution in [2.24, 2.45) is 0 Å². The molecule has 15 heavy (non-hydrogen) atoms. The Kier molecular flexibility index (Phi) is 3.18. The highest BCUT2D eigenvalue weighted by Gasteiger charge is 2.20. The summed E-state index contributed by atoms with van der Waals surface area (Å²) in [4.78, 5) is 11.0. The highest BCUT2D eigenvalue weighted by atomic mass is 16.5. The molecule has 0 saturated heterocycles. The maximum atomic E-state index is 11.0. The zero-order valence-corrected chi connectivity index (χ0v) is 10.0. The number of esters is 1. The fourth-order valence-electron chi connectivity index (χ4n) is 1.52. The van der Waals surface area contributed by atoms with Crippen LogP contribution in [0.25, 0.3) is 0 Å². The predicted molar refractivity (Wildman–Crippen MR) is 61.2 cm³/mol. The molecule has 0 amide bonds. The fraction of sp³-hybridized carbons (Fsp3) is 0.462. The average Bonchev–Trinajstić information content (AvgIpc) is 2.05. The van der Waals surface area contributed by atoms with Gasteiger partial charge in [-0.3, -0.25) is 4.79 Å². The van der Waals surface area contributed by atoms with Gasteiger partial charge in [-0.25, -0.2) is 0 Å². The van der Waals surface area contributed by atoms with E-state index < -0.39 is 0 Å². The summed E-state index contributed by atoms with van der Waals surface area (Å²) in [6.45, 7) is 9.70. The zero-order valence-electron chi connectivity index (χ0n) is 10.0. The number of aryl methyl sites for hydroxylation is 1. The maximum Gasteiger partial charge on any atom is 0.308 e. The van der Waals surface area contributed by atoms with E-state index in [0.717, 1.165) is 11.1 Å². The molecule has 0 spiro atoms. The smallest absolute Gasteiger partial charge is 0.308 e. The molecule has 1 aromatic carbocycles. The molecule has 0 aromatic heterocycles. The molecule has 2 heteroatoms. The van der Waals surface area contributed by atoms with Crippen LogP contribution in [-0.4, -0.2) is 5.97 Å². The van der Waals surface area contributed by atoms with Crippen molar-refractivity contribution in [1.82, 2.24) is 0 Å². The first-order chi connectivity index (χ1) is 6.82. The molecule has 0 atom stereocenters. The van der Waals surface area contributed by atoms with Crippen LogP contribution >= 0.6 is 0 Å². The number of carbonyl (C=O) groups is 1. The highest BCUT2D eigenvalue weighted by Crippen LogP contribution is 2.33. The van der Waals surface area contributed by atoms with Crippen molar-refractivity contribution in [3.63, 3.8) is 0 Å².